The molecule has 4 heteroatoms. The number of para-hydroxylation sites is 1. The fourth-order valence-electron chi connectivity index (χ4n) is 8.93. The maximum Gasteiger partial charge on any atom is 0.162 e. The van der Waals surface area contributed by atoms with Gasteiger partial charge in [-0.2, -0.15) is 0 Å². The summed E-state index contributed by atoms with van der Waals surface area (Å²) in [7, 11) is 0. The third-order valence-corrected chi connectivity index (χ3v) is 11.6. The van der Waals surface area contributed by atoms with Crippen LogP contribution in [0.2, 0.25) is 0 Å². The quantitative estimate of drug-likeness (QED) is 0.164. The van der Waals surface area contributed by atoms with E-state index in [1.165, 1.54) is 32.3 Å². The van der Waals surface area contributed by atoms with E-state index in [2.05, 4.69) is 158 Å². The molecule has 4 nitrogen and oxygen atoms in total. The predicted molar refractivity (Wildman–Crippen MR) is 244 cm³/mol. The van der Waals surface area contributed by atoms with Crippen molar-refractivity contribution < 1.29 is 4.42 Å². The van der Waals surface area contributed by atoms with Gasteiger partial charge in [-0.1, -0.05) is 170 Å². The first-order valence-electron chi connectivity index (χ1n) is 19.9. The second-order valence-corrected chi connectivity index (χ2v) is 15.1. The zero-order chi connectivity index (χ0) is 38.9. The van der Waals surface area contributed by atoms with Gasteiger partial charge in [-0.15, -0.1) is 0 Å². The molecule has 0 bridgehead atoms. The second kappa shape index (κ2) is 13.3. The van der Waals surface area contributed by atoms with Crippen molar-refractivity contribution in [2.45, 2.75) is 0 Å². The molecule has 0 radical (unpaired) electrons. The van der Waals surface area contributed by atoms with Crippen LogP contribution >= 0.6 is 0 Å². The largest absolute Gasteiger partial charge is 0.454 e. The molecule has 274 valence electrons. The lowest BCUT2D eigenvalue weighted by Crippen LogP contribution is -1.96. The van der Waals surface area contributed by atoms with Gasteiger partial charge in [0.05, 0.1) is 16.9 Å². The summed E-state index contributed by atoms with van der Waals surface area (Å²) in [5, 5.41) is 10.6. The van der Waals surface area contributed by atoms with Crippen LogP contribution in [0, 0.1) is 0 Å². The number of rotatable bonds is 5. The number of pyridine rings is 1. The summed E-state index contributed by atoms with van der Waals surface area (Å²) >= 11 is 0. The van der Waals surface area contributed by atoms with Crippen LogP contribution in [0.3, 0.4) is 0 Å². The normalized spacial score (nSPS) is 11.7. The highest BCUT2D eigenvalue weighted by molar-refractivity contribution is 6.27. The Morgan fingerprint density at radius 2 is 0.881 bits per heavy atom. The van der Waals surface area contributed by atoms with Crippen LogP contribution in [-0.4, -0.2) is 15.0 Å². The fourth-order valence-corrected chi connectivity index (χ4v) is 8.93. The van der Waals surface area contributed by atoms with Crippen LogP contribution in [0.1, 0.15) is 0 Å². The first kappa shape index (κ1) is 33.2. The monoisotopic (exact) mass is 751 g/mol. The maximum absolute atomic E-state index is 6.83. The molecule has 0 unspecified atom stereocenters. The Morgan fingerprint density at radius 1 is 0.322 bits per heavy atom. The SMILES string of the molecule is c1ccc(-c2cc(-c3cccc(-c4cccc5nc(-c6ccc7c8ccccc8c8ccccc8c7c6)c6oc7ccccc7c6c45)c3)nc(-c3ccccc3)n2)cc1. The average molecular weight is 752 g/mol. The summed E-state index contributed by atoms with van der Waals surface area (Å²) in [6, 6.07) is 70.2. The Balaban J connectivity index is 1.07. The van der Waals surface area contributed by atoms with Crippen LogP contribution in [0.5, 0.6) is 0 Å². The molecule has 59 heavy (non-hydrogen) atoms. The van der Waals surface area contributed by atoms with Gasteiger partial charge in [0.25, 0.3) is 0 Å². The predicted octanol–water partition coefficient (Wildman–Crippen LogP) is 14.7. The molecule has 0 saturated heterocycles. The van der Waals surface area contributed by atoms with Gasteiger partial charge < -0.3 is 4.42 Å². The van der Waals surface area contributed by atoms with Gasteiger partial charge in [0.2, 0.25) is 0 Å². The van der Waals surface area contributed by atoms with Gasteiger partial charge in [0.1, 0.15) is 11.3 Å². The number of fused-ring (bicyclic) bond motifs is 11. The summed E-state index contributed by atoms with van der Waals surface area (Å²) < 4.78 is 6.83. The first-order valence-corrected chi connectivity index (χ1v) is 19.9. The third-order valence-electron chi connectivity index (χ3n) is 11.6. The number of aromatic nitrogens is 3. The Morgan fingerprint density at radius 3 is 1.61 bits per heavy atom. The Labute approximate surface area is 339 Å². The van der Waals surface area contributed by atoms with Crippen molar-refractivity contribution in [1.82, 2.24) is 15.0 Å². The topological polar surface area (TPSA) is 51.8 Å². The van der Waals surface area contributed by atoms with E-state index in [4.69, 9.17) is 19.4 Å². The van der Waals surface area contributed by atoms with Crippen molar-refractivity contribution in [3.05, 3.63) is 200 Å². The fraction of sp³-hybridized carbons (Fsp3) is 0. The maximum atomic E-state index is 6.83. The minimum Gasteiger partial charge on any atom is -0.454 e. The van der Waals surface area contributed by atoms with E-state index in [-0.39, 0.29) is 0 Å². The van der Waals surface area contributed by atoms with Crippen molar-refractivity contribution in [1.29, 1.82) is 0 Å². The summed E-state index contributed by atoms with van der Waals surface area (Å²) in [5.74, 6) is 0.690. The first-order chi connectivity index (χ1) is 29.2. The summed E-state index contributed by atoms with van der Waals surface area (Å²) in [6.07, 6.45) is 0. The lowest BCUT2D eigenvalue weighted by molar-refractivity contribution is 0.669. The average Bonchev–Trinajstić information content (AvgIpc) is 3.71. The van der Waals surface area contributed by atoms with Crippen molar-refractivity contribution in [2.24, 2.45) is 0 Å². The minimum atomic E-state index is 0.690. The van der Waals surface area contributed by atoms with Crippen LogP contribution in [0.4, 0.5) is 0 Å². The highest BCUT2D eigenvalue weighted by Gasteiger charge is 2.21. The molecular weight excluding hydrogens is 719 g/mol. The number of benzene rings is 9. The van der Waals surface area contributed by atoms with Crippen molar-refractivity contribution in [3.63, 3.8) is 0 Å². The highest BCUT2D eigenvalue weighted by Crippen LogP contribution is 2.45. The Kier molecular flexibility index (Phi) is 7.50. The van der Waals surface area contributed by atoms with Crippen molar-refractivity contribution in [3.8, 4) is 56.3 Å². The molecule has 0 N–H and O–H groups in total. The van der Waals surface area contributed by atoms with E-state index in [9.17, 15) is 0 Å². The zero-order valence-corrected chi connectivity index (χ0v) is 31.8. The molecule has 9 aromatic carbocycles. The lowest BCUT2D eigenvalue weighted by Gasteiger charge is -2.14. The van der Waals surface area contributed by atoms with Crippen molar-refractivity contribution in [2.75, 3.05) is 0 Å². The van der Waals surface area contributed by atoms with E-state index in [0.717, 1.165) is 83.3 Å². The molecule has 3 aromatic heterocycles. The lowest BCUT2D eigenvalue weighted by atomic mass is 9.92. The Bertz CT molecular complexity index is 3520. The van der Waals surface area contributed by atoms with Gasteiger partial charge >= 0.3 is 0 Å². The van der Waals surface area contributed by atoms with Crippen LogP contribution in [0.25, 0.3) is 121 Å². The summed E-state index contributed by atoms with van der Waals surface area (Å²) in [6.45, 7) is 0. The van der Waals surface area contributed by atoms with Gasteiger partial charge in [0.15, 0.2) is 11.4 Å². The van der Waals surface area contributed by atoms with E-state index < -0.39 is 0 Å². The molecule has 0 aliphatic heterocycles. The molecule has 12 rings (SSSR count). The molecule has 0 saturated carbocycles. The van der Waals surface area contributed by atoms with Crippen molar-refractivity contribution >= 4 is 65.2 Å². The molecule has 0 amide bonds. The van der Waals surface area contributed by atoms with Gasteiger partial charge in [-0.05, 0) is 73.8 Å². The highest BCUT2D eigenvalue weighted by atomic mass is 16.3. The summed E-state index contributed by atoms with van der Waals surface area (Å²) in [5.41, 5.74) is 11.3. The molecule has 12 aromatic rings. The van der Waals surface area contributed by atoms with E-state index in [1.807, 2.05) is 42.5 Å². The number of hydrogen-bond acceptors (Lipinski definition) is 4. The number of hydrogen-bond donors (Lipinski definition) is 0. The minimum absolute atomic E-state index is 0.690. The summed E-state index contributed by atoms with van der Waals surface area (Å²) in [4.78, 5) is 15.6. The molecule has 0 fully saturated rings. The van der Waals surface area contributed by atoms with E-state index in [0.29, 0.717) is 5.82 Å². The zero-order valence-electron chi connectivity index (χ0n) is 31.8. The molecule has 0 aliphatic rings. The second-order valence-electron chi connectivity index (χ2n) is 15.1. The molecule has 0 spiro atoms. The number of furan rings is 1. The third kappa shape index (κ3) is 5.42. The van der Waals surface area contributed by atoms with Gasteiger partial charge in [0, 0.05) is 38.4 Å². The molecule has 0 atom stereocenters. The molecular formula is C55H33N3O. The smallest absolute Gasteiger partial charge is 0.162 e. The van der Waals surface area contributed by atoms with Gasteiger partial charge in [-0.25, -0.2) is 15.0 Å². The molecule has 3 heterocycles. The standard InChI is InChI=1S/C55H33N3O/c1-3-15-34(16-4-1)48-33-49(58-55(57-48)35-17-5-2-6-18-35)37-20-13-19-36(31-37)39-26-14-27-47-51(39)52-45-25-11-12-28-50(45)59-54(52)53(56-47)38-29-30-44-42-23-8-7-21-40(42)41-22-9-10-24-43(41)46(44)32-38/h1-33H. The van der Waals surface area contributed by atoms with Gasteiger partial charge in [-0.3, -0.25) is 0 Å². The molecule has 0 aliphatic carbocycles. The number of nitrogens with zero attached hydrogens (tertiary/aromatic N) is 3. The van der Waals surface area contributed by atoms with Crippen LogP contribution in [-0.2, 0) is 0 Å². The van der Waals surface area contributed by atoms with Crippen LogP contribution < -0.4 is 0 Å². The van der Waals surface area contributed by atoms with E-state index >= 15 is 0 Å². The van der Waals surface area contributed by atoms with Crippen LogP contribution in [0.15, 0.2) is 205 Å². The van der Waals surface area contributed by atoms with E-state index in [1.54, 1.807) is 0 Å². The Hall–Kier alpha value is -7.95.